The Labute approximate surface area is 120 Å². The van der Waals surface area contributed by atoms with Gasteiger partial charge in [0.25, 0.3) is 0 Å². The smallest absolute Gasteiger partial charge is 0.364 e. The number of esters is 1. The van der Waals surface area contributed by atoms with Crippen LogP contribution in [0.5, 0.6) is 11.5 Å². The van der Waals surface area contributed by atoms with Crippen LogP contribution in [0.2, 0.25) is 0 Å². The minimum absolute atomic E-state index is 0.0653. The molecule has 0 fully saturated rings. The first-order valence-electron chi connectivity index (χ1n) is 6.23. The predicted molar refractivity (Wildman–Crippen MR) is 72.8 cm³/mol. The van der Waals surface area contributed by atoms with Crippen molar-refractivity contribution in [2.24, 2.45) is 0 Å². The van der Waals surface area contributed by atoms with Gasteiger partial charge in [0.05, 0.1) is 7.11 Å². The summed E-state index contributed by atoms with van der Waals surface area (Å²) in [7, 11) is 1.46. The molecule has 0 radical (unpaired) electrons. The van der Waals surface area contributed by atoms with E-state index >= 15 is 0 Å². The third kappa shape index (κ3) is 3.02. The van der Waals surface area contributed by atoms with Crippen LogP contribution in [-0.2, 0) is 6.54 Å². The summed E-state index contributed by atoms with van der Waals surface area (Å²) in [6.07, 6.45) is 0. The van der Waals surface area contributed by atoms with Crippen molar-refractivity contribution in [1.82, 2.24) is 9.78 Å². The van der Waals surface area contributed by atoms with E-state index in [1.165, 1.54) is 17.9 Å². The maximum absolute atomic E-state index is 12.0. The number of nitrogens with zero attached hydrogens (tertiary/aromatic N) is 2. The van der Waals surface area contributed by atoms with Crippen molar-refractivity contribution < 1.29 is 24.2 Å². The highest BCUT2D eigenvalue weighted by Gasteiger charge is 2.20. The SMILES string of the molecule is CCn1nc(C(=O)Oc2ccccc2OC)cc1C(=O)O. The number of carbonyl (C=O) groups is 2. The Kier molecular flexibility index (Phi) is 4.22. The topological polar surface area (TPSA) is 90.7 Å². The van der Waals surface area contributed by atoms with Crippen LogP contribution in [0.1, 0.15) is 27.9 Å². The number of hydrogen-bond acceptors (Lipinski definition) is 5. The molecule has 2 aromatic rings. The first-order chi connectivity index (χ1) is 10.1. The van der Waals surface area contributed by atoms with E-state index in [4.69, 9.17) is 14.6 Å². The van der Waals surface area contributed by atoms with Gasteiger partial charge in [-0.2, -0.15) is 5.10 Å². The van der Waals surface area contributed by atoms with Crippen LogP contribution in [0.3, 0.4) is 0 Å². The molecule has 0 amide bonds. The predicted octanol–water partition coefficient (Wildman–Crippen LogP) is 1.83. The van der Waals surface area contributed by atoms with E-state index in [9.17, 15) is 9.59 Å². The zero-order chi connectivity index (χ0) is 15.4. The normalized spacial score (nSPS) is 10.2. The van der Waals surface area contributed by atoms with Gasteiger partial charge in [-0.3, -0.25) is 4.68 Å². The number of hydrogen-bond donors (Lipinski definition) is 1. The monoisotopic (exact) mass is 290 g/mol. The Hall–Kier alpha value is -2.83. The summed E-state index contributed by atoms with van der Waals surface area (Å²) >= 11 is 0. The standard InChI is InChI=1S/C14H14N2O5/c1-3-16-10(13(17)18)8-9(15-16)14(19)21-12-7-5-4-6-11(12)20-2/h4-8H,3H2,1-2H3,(H,17,18). The van der Waals surface area contributed by atoms with Crippen molar-refractivity contribution in [2.75, 3.05) is 7.11 Å². The van der Waals surface area contributed by atoms with Crippen LogP contribution >= 0.6 is 0 Å². The van der Waals surface area contributed by atoms with Crippen molar-refractivity contribution in [3.05, 3.63) is 41.7 Å². The molecule has 0 bridgehead atoms. The molecule has 21 heavy (non-hydrogen) atoms. The van der Waals surface area contributed by atoms with Crippen molar-refractivity contribution in [3.63, 3.8) is 0 Å². The van der Waals surface area contributed by atoms with Crippen molar-refractivity contribution >= 4 is 11.9 Å². The molecule has 0 atom stereocenters. The van der Waals surface area contributed by atoms with Gasteiger partial charge in [0, 0.05) is 12.6 Å². The Bertz CT molecular complexity index is 678. The molecular formula is C14H14N2O5. The molecule has 2 rings (SSSR count). The number of aromatic carboxylic acids is 1. The summed E-state index contributed by atoms with van der Waals surface area (Å²) in [4.78, 5) is 23.1. The van der Waals surface area contributed by atoms with Crippen LogP contribution in [-0.4, -0.2) is 33.9 Å². The van der Waals surface area contributed by atoms with Crippen molar-refractivity contribution in [2.45, 2.75) is 13.5 Å². The second-order valence-corrected chi connectivity index (χ2v) is 4.08. The molecule has 0 saturated heterocycles. The van der Waals surface area contributed by atoms with Gasteiger partial charge in [0.15, 0.2) is 17.2 Å². The lowest BCUT2D eigenvalue weighted by atomic mass is 10.3. The lowest BCUT2D eigenvalue weighted by molar-refractivity contribution is 0.0681. The summed E-state index contributed by atoms with van der Waals surface area (Å²) in [6.45, 7) is 2.07. The molecule has 7 heteroatoms. The molecule has 0 aliphatic rings. The summed E-state index contributed by atoms with van der Waals surface area (Å²) in [5, 5.41) is 13.0. The largest absolute Gasteiger partial charge is 0.493 e. The number of ether oxygens (including phenoxy) is 2. The number of benzene rings is 1. The van der Waals surface area contributed by atoms with Crippen LogP contribution in [0, 0.1) is 0 Å². The number of carboxylic acids is 1. The van der Waals surface area contributed by atoms with Crippen LogP contribution in [0.4, 0.5) is 0 Å². The van der Waals surface area contributed by atoms with Crippen LogP contribution < -0.4 is 9.47 Å². The van der Waals surface area contributed by atoms with E-state index in [1.807, 2.05) is 0 Å². The van der Waals surface area contributed by atoms with Gasteiger partial charge < -0.3 is 14.6 Å². The number of aromatic nitrogens is 2. The van der Waals surface area contributed by atoms with Crippen LogP contribution in [0.25, 0.3) is 0 Å². The first-order valence-corrected chi connectivity index (χ1v) is 6.23. The average molecular weight is 290 g/mol. The lowest BCUT2D eigenvalue weighted by Crippen LogP contribution is -2.11. The Morgan fingerprint density at radius 2 is 1.95 bits per heavy atom. The maximum atomic E-state index is 12.0. The Morgan fingerprint density at radius 3 is 2.48 bits per heavy atom. The van der Waals surface area contributed by atoms with E-state index in [-0.39, 0.29) is 17.1 Å². The Morgan fingerprint density at radius 1 is 1.29 bits per heavy atom. The number of rotatable bonds is 5. The van der Waals surface area contributed by atoms with E-state index < -0.39 is 11.9 Å². The quantitative estimate of drug-likeness (QED) is 0.667. The maximum Gasteiger partial charge on any atom is 0.364 e. The molecule has 0 aliphatic carbocycles. The van der Waals surface area contributed by atoms with E-state index in [0.29, 0.717) is 12.3 Å². The fraction of sp³-hybridized carbons (Fsp3) is 0.214. The zero-order valence-corrected chi connectivity index (χ0v) is 11.6. The van der Waals surface area contributed by atoms with E-state index in [0.717, 1.165) is 0 Å². The summed E-state index contributed by atoms with van der Waals surface area (Å²) in [6, 6.07) is 7.84. The number of aryl methyl sites for hydroxylation is 1. The molecule has 0 spiro atoms. The highest BCUT2D eigenvalue weighted by Crippen LogP contribution is 2.26. The number of carbonyl (C=O) groups excluding carboxylic acids is 1. The summed E-state index contributed by atoms with van der Waals surface area (Å²) in [5.74, 6) is -1.25. The van der Waals surface area contributed by atoms with Gasteiger partial charge in [-0.25, -0.2) is 9.59 Å². The number of para-hydroxylation sites is 2. The molecule has 0 saturated carbocycles. The molecule has 0 aliphatic heterocycles. The molecule has 1 aromatic carbocycles. The third-order valence-corrected chi connectivity index (χ3v) is 2.78. The zero-order valence-electron chi connectivity index (χ0n) is 11.6. The fourth-order valence-corrected chi connectivity index (χ4v) is 1.79. The molecule has 1 heterocycles. The summed E-state index contributed by atoms with van der Waals surface area (Å²) in [5.41, 5.74) is -0.135. The highest BCUT2D eigenvalue weighted by atomic mass is 16.6. The van der Waals surface area contributed by atoms with Gasteiger partial charge in [-0.15, -0.1) is 0 Å². The minimum Gasteiger partial charge on any atom is -0.493 e. The van der Waals surface area contributed by atoms with Gasteiger partial charge in [-0.05, 0) is 19.1 Å². The Balaban J connectivity index is 2.26. The van der Waals surface area contributed by atoms with E-state index in [1.54, 1.807) is 31.2 Å². The first kappa shape index (κ1) is 14.6. The molecular weight excluding hydrogens is 276 g/mol. The van der Waals surface area contributed by atoms with Crippen molar-refractivity contribution in [1.29, 1.82) is 0 Å². The molecule has 110 valence electrons. The lowest BCUT2D eigenvalue weighted by Gasteiger charge is -2.07. The second kappa shape index (κ2) is 6.08. The average Bonchev–Trinajstić information content (AvgIpc) is 2.92. The van der Waals surface area contributed by atoms with Gasteiger partial charge in [-0.1, -0.05) is 12.1 Å². The van der Waals surface area contributed by atoms with Gasteiger partial charge in [0.2, 0.25) is 0 Å². The van der Waals surface area contributed by atoms with Gasteiger partial charge >= 0.3 is 11.9 Å². The summed E-state index contributed by atoms with van der Waals surface area (Å²) < 4.78 is 11.5. The minimum atomic E-state index is -1.15. The number of carboxylic acid groups (broad SMARTS) is 1. The molecule has 1 aromatic heterocycles. The van der Waals surface area contributed by atoms with Gasteiger partial charge in [0.1, 0.15) is 5.69 Å². The molecule has 7 nitrogen and oxygen atoms in total. The van der Waals surface area contributed by atoms with E-state index in [2.05, 4.69) is 5.10 Å². The van der Waals surface area contributed by atoms with Crippen molar-refractivity contribution in [3.8, 4) is 11.5 Å². The molecule has 1 N–H and O–H groups in total. The molecule has 0 unspecified atom stereocenters. The third-order valence-electron chi connectivity index (χ3n) is 2.78. The number of methoxy groups -OCH3 is 1. The van der Waals surface area contributed by atoms with Crippen LogP contribution in [0.15, 0.2) is 30.3 Å². The second-order valence-electron chi connectivity index (χ2n) is 4.08. The fourth-order valence-electron chi connectivity index (χ4n) is 1.79. The highest BCUT2D eigenvalue weighted by molar-refractivity contribution is 5.93.